The molecule has 2 rings (SSSR count). The molecule has 260 valence electrons. The molecule has 1 aromatic carbocycles. The highest BCUT2D eigenvalue weighted by Gasteiger charge is 2.25. The van der Waals surface area contributed by atoms with Gasteiger partial charge in [-0.15, -0.1) is 0 Å². The lowest BCUT2D eigenvalue weighted by Crippen LogP contribution is -2.18. The van der Waals surface area contributed by atoms with Crippen molar-refractivity contribution in [2.24, 2.45) is 11.8 Å². The van der Waals surface area contributed by atoms with E-state index in [0.29, 0.717) is 12.2 Å². The summed E-state index contributed by atoms with van der Waals surface area (Å²) < 4.78 is 33.4. The summed E-state index contributed by atoms with van der Waals surface area (Å²) in [6.07, 6.45) is 28.9. The van der Waals surface area contributed by atoms with Crippen molar-refractivity contribution in [2.75, 3.05) is 19.8 Å². The molecule has 1 aliphatic carbocycles. The van der Waals surface area contributed by atoms with Crippen LogP contribution in [0.3, 0.4) is 0 Å². The van der Waals surface area contributed by atoms with E-state index in [4.69, 9.17) is 14.9 Å². The van der Waals surface area contributed by atoms with Crippen LogP contribution in [0.25, 0.3) is 0 Å². The smallest absolute Gasteiger partial charge is 0.308 e. The monoisotopic (exact) mass is 636 g/mol. The van der Waals surface area contributed by atoms with Gasteiger partial charge in [-0.25, -0.2) is 8.78 Å². The zero-order valence-corrected chi connectivity index (χ0v) is 28.4. The maximum Gasteiger partial charge on any atom is 0.308 e. The molecule has 0 spiro atoms. The van der Waals surface area contributed by atoms with Gasteiger partial charge in [-0.1, -0.05) is 121 Å². The first-order valence-corrected chi connectivity index (χ1v) is 18.9. The predicted octanol–water partition coefficient (Wildman–Crippen LogP) is 11.0. The van der Waals surface area contributed by atoms with E-state index in [1.165, 1.54) is 70.3 Å². The summed E-state index contributed by atoms with van der Waals surface area (Å²) >= 11 is 0. The summed E-state index contributed by atoms with van der Waals surface area (Å²) in [7, 11) is 0. The Morgan fingerprint density at radius 3 is 1.71 bits per heavy atom. The van der Waals surface area contributed by atoms with Gasteiger partial charge >= 0.3 is 5.97 Å². The van der Waals surface area contributed by atoms with Gasteiger partial charge < -0.3 is 14.9 Å². The highest BCUT2D eigenvalue weighted by molar-refractivity contribution is 5.72. The third-order valence-corrected chi connectivity index (χ3v) is 10.0. The topological polar surface area (TPSA) is 66.8 Å². The second kappa shape index (κ2) is 26.5. The molecule has 0 atom stereocenters. The minimum Gasteiger partial charge on any atom is -0.465 e. The van der Waals surface area contributed by atoms with E-state index in [2.05, 4.69) is 0 Å². The summed E-state index contributed by atoms with van der Waals surface area (Å²) in [4.78, 5) is 12.7. The number of carbonyl (C=O) groups is 1. The second-order valence-electron chi connectivity index (χ2n) is 13.8. The van der Waals surface area contributed by atoms with E-state index < -0.39 is 11.6 Å². The molecule has 0 amide bonds. The first-order valence-electron chi connectivity index (χ1n) is 18.9. The molecule has 1 aromatic rings. The fourth-order valence-electron chi connectivity index (χ4n) is 7.11. The van der Waals surface area contributed by atoms with Gasteiger partial charge in [-0.05, 0) is 81.3 Å². The fraction of sp³-hybridized carbons (Fsp3) is 0.821. The lowest BCUT2D eigenvalue weighted by Gasteiger charge is -2.29. The summed E-state index contributed by atoms with van der Waals surface area (Å²) in [6.45, 7) is 1.03. The highest BCUT2D eigenvalue weighted by Crippen LogP contribution is 2.39. The van der Waals surface area contributed by atoms with Gasteiger partial charge in [0.25, 0.3) is 0 Å². The van der Waals surface area contributed by atoms with Crippen molar-refractivity contribution in [2.45, 2.75) is 173 Å². The largest absolute Gasteiger partial charge is 0.465 e. The van der Waals surface area contributed by atoms with Crippen molar-refractivity contribution in [3.8, 4) is 0 Å². The number of rotatable bonds is 28. The Labute approximate surface area is 274 Å². The van der Waals surface area contributed by atoms with Crippen LogP contribution in [-0.4, -0.2) is 36.0 Å². The Morgan fingerprint density at radius 1 is 0.667 bits per heavy atom. The van der Waals surface area contributed by atoms with Gasteiger partial charge in [-0.2, -0.15) is 0 Å². The predicted molar refractivity (Wildman–Crippen MR) is 181 cm³/mol. The zero-order valence-electron chi connectivity index (χ0n) is 28.4. The third-order valence-electron chi connectivity index (χ3n) is 10.0. The number of aliphatic hydroxyl groups excluding tert-OH is 2. The molecule has 0 aliphatic heterocycles. The molecule has 1 aliphatic rings. The van der Waals surface area contributed by atoms with E-state index >= 15 is 0 Å². The number of benzene rings is 1. The number of ether oxygens (including phenoxy) is 1. The molecule has 2 N–H and O–H groups in total. The van der Waals surface area contributed by atoms with Crippen LogP contribution in [-0.2, 0) is 9.53 Å². The van der Waals surface area contributed by atoms with Crippen LogP contribution in [0.4, 0.5) is 8.78 Å². The molecule has 1 saturated carbocycles. The average Bonchev–Trinajstić information content (AvgIpc) is 3.05. The number of hydrogen-bond donors (Lipinski definition) is 2. The van der Waals surface area contributed by atoms with E-state index in [1.54, 1.807) is 12.1 Å². The molecule has 0 bridgehead atoms. The molecule has 6 heteroatoms. The number of aliphatic hydroxyl groups is 2. The Balaban J connectivity index is 1.40. The standard InChI is InChI=1S/C39H66F2O4/c40-37-25-20-24-36(38(37)41)34-28-26-33(27-29-34)21-14-8-6-4-2-1-3-5-7-13-19-32-45-39(44)35(22-15-9-11-17-30-42)23-16-10-12-18-31-43/h20,24-25,33-35,42-43H,1-19,21-23,26-32H2. The van der Waals surface area contributed by atoms with E-state index in [1.807, 2.05) is 0 Å². The van der Waals surface area contributed by atoms with Gasteiger partial charge in [0.15, 0.2) is 11.6 Å². The molecule has 45 heavy (non-hydrogen) atoms. The minimum atomic E-state index is -0.718. The lowest BCUT2D eigenvalue weighted by molar-refractivity contribution is -0.149. The van der Waals surface area contributed by atoms with Crippen LogP contribution < -0.4 is 0 Å². The first kappa shape index (κ1) is 39.6. The maximum absolute atomic E-state index is 14.1. The van der Waals surface area contributed by atoms with Crippen LogP contribution in [0, 0.1) is 23.5 Å². The molecule has 0 unspecified atom stereocenters. The summed E-state index contributed by atoms with van der Waals surface area (Å²) in [5.74, 6) is -0.454. The molecule has 4 nitrogen and oxygen atoms in total. The van der Waals surface area contributed by atoms with Crippen molar-refractivity contribution in [1.82, 2.24) is 0 Å². The van der Waals surface area contributed by atoms with Gasteiger partial charge in [-0.3, -0.25) is 4.79 Å². The van der Waals surface area contributed by atoms with Gasteiger partial charge in [0.1, 0.15) is 0 Å². The van der Waals surface area contributed by atoms with Crippen molar-refractivity contribution >= 4 is 5.97 Å². The van der Waals surface area contributed by atoms with Gasteiger partial charge in [0.05, 0.1) is 12.5 Å². The van der Waals surface area contributed by atoms with Crippen molar-refractivity contribution in [3.05, 3.63) is 35.4 Å². The molecule has 0 saturated heterocycles. The Bertz CT molecular complexity index is 841. The number of halogens is 2. The highest BCUT2D eigenvalue weighted by atomic mass is 19.2. The van der Waals surface area contributed by atoms with Crippen molar-refractivity contribution in [3.63, 3.8) is 0 Å². The second-order valence-corrected chi connectivity index (χ2v) is 13.8. The Morgan fingerprint density at radius 2 is 1.16 bits per heavy atom. The summed E-state index contributed by atoms with van der Waals surface area (Å²) in [6, 6.07) is 4.60. The van der Waals surface area contributed by atoms with Crippen molar-refractivity contribution in [1.29, 1.82) is 0 Å². The number of unbranched alkanes of at least 4 members (excludes halogenated alkanes) is 16. The quantitative estimate of drug-likeness (QED) is 0.0709. The van der Waals surface area contributed by atoms with Crippen LogP contribution in [0.5, 0.6) is 0 Å². The first-order chi connectivity index (χ1) is 22.1. The van der Waals surface area contributed by atoms with E-state index in [0.717, 1.165) is 109 Å². The van der Waals surface area contributed by atoms with Crippen LogP contribution in [0.2, 0.25) is 0 Å². The maximum atomic E-state index is 14.1. The molecule has 0 radical (unpaired) electrons. The van der Waals surface area contributed by atoms with Crippen LogP contribution in [0.15, 0.2) is 18.2 Å². The Hall–Kier alpha value is -1.53. The van der Waals surface area contributed by atoms with Crippen molar-refractivity contribution < 1.29 is 28.5 Å². The summed E-state index contributed by atoms with van der Waals surface area (Å²) in [5.41, 5.74) is 0.578. The zero-order chi connectivity index (χ0) is 32.4. The molecular formula is C39H66F2O4. The minimum absolute atomic E-state index is 0.00601. The van der Waals surface area contributed by atoms with Crippen LogP contribution >= 0.6 is 0 Å². The van der Waals surface area contributed by atoms with Gasteiger partial charge in [0.2, 0.25) is 0 Å². The van der Waals surface area contributed by atoms with Crippen LogP contribution in [0.1, 0.15) is 178 Å². The Kier molecular flexibility index (Phi) is 23.4. The molecular weight excluding hydrogens is 570 g/mol. The normalized spacial score (nSPS) is 16.8. The number of hydrogen-bond acceptors (Lipinski definition) is 4. The number of carbonyl (C=O) groups excluding carboxylic acids is 1. The van der Waals surface area contributed by atoms with Gasteiger partial charge in [0, 0.05) is 13.2 Å². The SMILES string of the molecule is O=C(OCCCCCCCCCCCCCC1CCC(c2cccc(F)c2F)CC1)C(CCCCCCO)CCCCCCO. The lowest BCUT2D eigenvalue weighted by atomic mass is 9.77. The molecule has 1 fully saturated rings. The summed E-state index contributed by atoms with van der Waals surface area (Å²) in [5, 5.41) is 17.9. The third kappa shape index (κ3) is 18.4. The van der Waals surface area contributed by atoms with E-state index in [-0.39, 0.29) is 31.0 Å². The average molecular weight is 637 g/mol. The fourth-order valence-corrected chi connectivity index (χ4v) is 7.11. The number of esters is 1. The molecule has 0 heterocycles. The molecule has 0 aromatic heterocycles. The van der Waals surface area contributed by atoms with E-state index in [9.17, 15) is 13.6 Å².